The first kappa shape index (κ1) is 20.1. The van der Waals surface area contributed by atoms with Crippen molar-refractivity contribution < 1.29 is 14.0 Å². The summed E-state index contributed by atoms with van der Waals surface area (Å²) < 4.78 is 12.9. The van der Waals surface area contributed by atoms with Crippen molar-refractivity contribution in [3.63, 3.8) is 0 Å². The average Bonchev–Trinajstić information content (AvgIpc) is 2.75. The summed E-state index contributed by atoms with van der Waals surface area (Å²) >= 11 is 0. The minimum Gasteiger partial charge on any atom is -0.376 e. The molecule has 0 unspecified atom stereocenters. The lowest BCUT2D eigenvalue weighted by Gasteiger charge is -2.21. The smallest absolute Gasteiger partial charge is 0.258 e. The highest BCUT2D eigenvalue weighted by molar-refractivity contribution is 6.06. The molecular formula is C23H22FN3O2. The third-order valence-electron chi connectivity index (χ3n) is 4.32. The standard InChI is InChI=1S/C23H22FN3O2/c1-2-27(21-9-4-3-5-10-21)23(29)17-7-6-8-20(15-17)25-16-22(28)26-19-13-11-18(24)12-14-19/h3-15,25H,2,16H2,1H3,(H,26,28). The summed E-state index contributed by atoms with van der Waals surface area (Å²) in [6, 6.07) is 22.1. The van der Waals surface area contributed by atoms with Crippen LogP contribution in [0.1, 0.15) is 17.3 Å². The Balaban J connectivity index is 1.63. The van der Waals surface area contributed by atoms with Crippen molar-refractivity contribution in [2.24, 2.45) is 0 Å². The number of carbonyl (C=O) groups is 2. The van der Waals surface area contributed by atoms with Gasteiger partial charge in [-0.1, -0.05) is 24.3 Å². The van der Waals surface area contributed by atoms with E-state index in [-0.39, 0.29) is 24.2 Å². The number of carbonyl (C=O) groups excluding carboxylic acids is 2. The summed E-state index contributed by atoms with van der Waals surface area (Å²) in [5, 5.41) is 5.69. The van der Waals surface area contributed by atoms with Gasteiger partial charge in [0.2, 0.25) is 5.91 Å². The number of benzene rings is 3. The number of para-hydroxylation sites is 1. The predicted octanol–water partition coefficient (Wildman–Crippen LogP) is 4.54. The molecule has 0 aliphatic heterocycles. The van der Waals surface area contributed by atoms with E-state index in [1.54, 1.807) is 29.2 Å². The SMILES string of the molecule is CCN(C(=O)c1cccc(NCC(=O)Nc2ccc(F)cc2)c1)c1ccccc1. The lowest BCUT2D eigenvalue weighted by atomic mass is 10.1. The normalized spacial score (nSPS) is 10.3. The van der Waals surface area contributed by atoms with Gasteiger partial charge < -0.3 is 15.5 Å². The maximum Gasteiger partial charge on any atom is 0.258 e. The Hall–Kier alpha value is -3.67. The van der Waals surface area contributed by atoms with Gasteiger partial charge in [-0.2, -0.15) is 0 Å². The molecule has 3 aromatic carbocycles. The first-order chi connectivity index (χ1) is 14.1. The van der Waals surface area contributed by atoms with Gasteiger partial charge in [0.15, 0.2) is 0 Å². The van der Waals surface area contributed by atoms with Crippen LogP contribution in [0.3, 0.4) is 0 Å². The summed E-state index contributed by atoms with van der Waals surface area (Å²) in [5.74, 6) is -0.745. The Morgan fingerprint density at radius 3 is 2.31 bits per heavy atom. The highest BCUT2D eigenvalue weighted by Gasteiger charge is 2.16. The maximum absolute atomic E-state index is 12.9. The van der Waals surface area contributed by atoms with Gasteiger partial charge >= 0.3 is 0 Å². The maximum atomic E-state index is 12.9. The van der Waals surface area contributed by atoms with E-state index in [4.69, 9.17) is 0 Å². The highest BCUT2D eigenvalue weighted by Crippen LogP contribution is 2.19. The van der Waals surface area contributed by atoms with E-state index >= 15 is 0 Å². The van der Waals surface area contributed by atoms with E-state index < -0.39 is 0 Å². The largest absolute Gasteiger partial charge is 0.376 e. The fraction of sp³-hybridized carbons (Fsp3) is 0.130. The topological polar surface area (TPSA) is 61.4 Å². The highest BCUT2D eigenvalue weighted by atomic mass is 19.1. The average molecular weight is 391 g/mol. The van der Waals surface area contributed by atoms with Gasteiger partial charge in [0.05, 0.1) is 6.54 Å². The molecule has 0 bridgehead atoms. The van der Waals surface area contributed by atoms with E-state index in [9.17, 15) is 14.0 Å². The number of rotatable bonds is 7. The molecule has 0 aliphatic carbocycles. The van der Waals surface area contributed by atoms with Crippen molar-refractivity contribution in [2.45, 2.75) is 6.92 Å². The number of nitrogens with zero attached hydrogens (tertiary/aromatic N) is 1. The fourth-order valence-electron chi connectivity index (χ4n) is 2.89. The van der Waals surface area contributed by atoms with Crippen molar-refractivity contribution in [2.75, 3.05) is 28.6 Å². The number of halogens is 1. The van der Waals surface area contributed by atoms with Crippen LogP contribution in [0.4, 0.5) is 21.5 Å². The lowest BCUT2D eigenvalue weighted by molar-refractivity contribution is -0.114. The van der Waals surface area contributed by atoms with Crippen LogP contribution in [-0.2, 0) is 4.79 Å². The molecule has 0 spiro atoms. The van der Waals surface area contributed by atoms with Crippen LogP contribution in [0, 0.1) is 5.82 Å². The quantitative estimate of drug-likeness (QED) is 0.621. The third kappa shape index (κ3) is 5.42. The van der Waals surface area contributed by atoms with E-state index in [2.05, 4.69) is 10.6 Å². The molecule has 0 saturated carbocycles. The summed E-state index contributed by atoms with van der Waals surface area (Å²) in [5.41, 5.74) is 2.54. The van der Waals surface area contributed by atoms with Crippen LogP contribution < -0.4 is 15.5 Å². The Morgan fingerprint density at radius 1 is 0.897 bits per heavy atom. The molecule has 29 heavy (non-hydrogen) atoms. The summed E-state index contributed by atoms with van der Waals surface area (Å²) in [6.45, 7) is 2.48. The van der Waals surface area contributed by atoms with Gasteiger partial charge in [0, 0.05) is 29.2 Å². The minimum atomic E-state index is -0.362. The molecule has 0 saturated heterocycles. The molecule has 3 aromatic rings. The minimum absolute atomic E-state index is 0.0190. The van der Waals surface area contributed by atoms with Crippen molar-refractivity contribution >= 4 is 28.9 Å². The Bertz CT molecular complexity index is 975. The summed E-state index contributed by atoms with van der Waals surface area (Å²) in [4.78, 5) is 26.7. The van der Waals surface area contributed by atoms with E-state index in [0.29, 0.717) is 23.5 Å². The summed E-state index contributed by atoms with van der Waals surface area (Å²) in [7, 11) is 0. The van der Waals surface area contributed by atoms with E-state index in [1.807, 2.05) is 37.3 Å². The first-order valence-corrected chi connectivity index (χ1v) is 9.33. The van der Waals surface area contributed by atoms with Crippen LogP contribution in [0.15, 0.2) is 78.9 Å². The first-order valence-electron chi connectivity index (χ1n) is 9.33. The van der Waals surface area contributed by atoms with Gasteiger partial charge in [-0.15, -0.1) is 0 Å². The van der Waals surface area contributed by atoms with Gasteiger partial charge in [-0.25, -0.2) is 4.39 Å². The molecule has 2 amide bonds. The number of amides is 2. The van der Waals surface area contributed by atoms with Crippen molar-refractivity contribution in [1.29, 1.82) is 0 Å². The Labute approximate surface area is 169 Å². The molecule has 0 aromatic heterocycles. The van der Waals surface area contributed by atoms with Gasteiger partial charge in [0.1, 0.15) is 5.82 Å². The Morgan fingerprint density at radius 2 is 1.62 bits per heavy atom. The van der Waals surface area contributed by atoms with Crippen LogP contribution in [0.25, 0.3) is 0 Å². The molecular weight excluding hydrogens is 369 g/mol. The second-order valence-corrected chi connectivity index (χ2v) is 6.37. The second-order valence-electron chi connectivity index (χ2n) is 6.37. The molecule has 5 nitrogen and oxygen atoms in total. The Kier molecular flexibility index (Phi) is 6.58. The van der Waals surface area contributed by atoms with E-state index in [0.717, 1.165) is 5.69 Å². The van der Waals surface area contributed by atoms with Crippen LogP contribution in [-0.4, -0.2) is 24.9 Å². The molecule has 148 valence electrons. The fourth-order valence-corrected chi connectivity index (χ4v) is 2.89. The third-order valence-corrected chi connectivity index (χ3v) is 4.32. The molecule has 0 atom stereocenters. The van der Waals surface area contributed by atoms with Gasteiger partial charge in [-0.3, -0.25) is 9.59 Å². The molecule has 0 fully saturated rings. The predicted molar refractivity (Wildman–Crippen MR) is 114 cm³/mol. The monoisotopic (exact) mass is 391 g/mol. The van der Waals surface area contributed by atoms with Gasteiger partial charge in [0.25, 0.3) is 5.91 Å². The number of hydrogen-bond donors (Lipinski definition) is 2. The zero-order chi connectivity index (χ0) is 20.6. The lowest BCUT2D eigenvalue weighted by Crippen LogP contribution is -2.30. The molecule has 0 heterocycles. The number of hydrogen-bond acceptors (Lipinski definition) is 3. The van der Waals surface area contributed by atoms with Crippen molar-refractivity contribution in [3.8, 4) is 0 Å². The molecule has 0 aliphatic rings. The van der Waals surface area contributed by atoms with Crippen molar-refractivity contribution in [3.05, 3.63) is 90.2 Å². The van der Waals surface area contributed by atoms with Crippen LogP contribution in [0.2, 0.25) is 0 Å². The van der Waals surface area contributed by atoms with Crippen LogP contribution >= 0.6 is 0 Å². The zero-order valence-electron chi connectivity index (χ0n) is 16.1. The molecule has 6 heteroatoms. The van der Waals surface area contributed by atoms with Crippen molar-refractivity contribution in [1.82, 2.24) is 0 Å². The summed E-state index contributed by atoms with van der Waals surface area (Å²) in [6.07, 6.45) is 0. The second kappa shape index (κ2) is 9.50. The van der Waals surface area contributed by atoms with Crippen LogP contribution in [0.5, 0.6) is 0 Å². The van der Waals surface area contributed by atoms with Gasteiger partial charge in [-0.05, 0) is 61.5 Å². The number of anilines is 3. The zero-order valence-corrected chi connectivity index (χ0v) is 16.1. The molecule has 2 N–H and O–H groups in total. The molecule has 3 rings (SSSR count). The van der Waals surface area contributed by atoms with E-state index in [1.165, 1.54) is 24.3 Å². The number of nitrogens with one attached hydrogen (secondary N) is 2. The molecule has 0 radical (unpaired) electrons.